The molecule has 0 unspecified atom stereocenters. The van der Waals surface area contributed by atoms with Crippen LogP contribution in [0.5, 0.6) is 0 Å². The van der Waals surface area contributed by atoms with E-state index in [1.165, 1.54) is 28.8 Å². The van der Waals surface area contributed by atoms with E-state index >= 15 is 0 Å². The molecule has 2 aromatic carbocycles. The van der Waals surface area contributed by atoms with E-state index in [4.69, 9.17) is 0 Å². The molecule has 0 radical (unpaired) electrons. The van der Waals surface area contributed by atoms with Crippen LogP contribution in [0.15, 0.2) is 36.4 Å². The zero-order valence-electron chi connectivity index (χ0n) is 13.6. The Labute approximate surface area is 130 Å². The molecule has 0 saturated carbocycles. The lowest BCUT2D eigenvalue weighted by atomic mass is 9.80. The Morgan fingerprint density at radius 2 is 1.18 bits per heavy atom. The topological polar surface area (TPSA) is 0 Å². The Morgan fingerprint density at radius 1 is 0.727 bits per heavy atom. The summed E-state index contributed by atoms with van der Waals surface area (Å²) < 4.78 is 37.9. The van der Waals surface area contributed by atoms with E-state index in [1.807, 2.05) is 0 Å². The largest absolute Gasteiger partial charge is 0.416 e. The molecule has 0 aromatic heterocycles. The Bertz CT molecular complexity index is 648. The summed E-state index contributed by atoms with van der Waals surface area (Å²) in [5.74, 6) is 0. The Hall–Kier alpha value is -1.77. The summed E-state index contributed by atoms with van der Waals surface area (Å²) >= 11 is 0. The van der Waals surface area contributed by atoms with Gasteiger partial charge < -0.3 is 0 Å². The molecule has 2 rings (SSSR count). The van der Waals surface area contributed by atoms with Crippen molar-refractivity contribution in [3.63, 3.8) is 0 Å². The average Bonchev–Trinajstić information content (AvgIpc) is 2.35. The summed E-state index contributed by atoms with van der Waals surface area (Å²) in [5, 5.41) is 0. The summed E-state index contributed by atoms with van der Waals surface area (Å²) in [4.78, 5) is 0. The van der Waals surface area contributed by atoms with Gasteiger partial charge in [0, 0.05) is 0 Å². The molecule has 0 spiro atoms. The van der Waals surface area contributed by atoms with Crippen LogP contribution in [-0.2, 0) is 11.6 Å². The highest BCUT2D eigenvalue weighted by molar-refractivity contribution is 5.67. The molecule has 3 heteroatoms. The van der Waals surface area contributed by atoms with Gasteiger partial charge in [0.1, 0.15) is 0 Å². The zero-order chi connectivity index (χ0) is 16.7. The lowest BCUT2D eigenvalue weighted by Crippen LogP contribution is -2.15. The third kappa shape index (κ3) is 3.34. The first kappa shape index (κ1) is 16.6. The van der Waals surface area contributed by atoms with Crippen LogP contribution < -0.4 is 0 Å². The molecule has 0 aliphatic heterocycles. The van der Waals surface area contributed by atoms with Crippen molar-refractivity contribution in [3.8, 4) is 11.1 Å². The molecular formula is C19H21F3. The van der Waals surface area contributed by atoms with Gasteiger partial charge >= 0.3 is 6.18 Å². The third-order valence-electron chi connectivity index (χ3n) is 3.83. The van der Waals surface area contributed by atoms with Gasteiger partial charge in [-0.3, -0.25) is 0 Å². The van der Waals surface area contributed by atoms with Gasteiger partial charge in [0.25, 0.3) is 0 Å². The molecule has 0 amide bonds. The van der Waals surface area contributed by atoms with Gasteiger partial charge in [0.05, 0.1) is 5.56 Å². The Morgan fingerprint density at radius 3 is 1.55 bits per heavy atom. The SMILES string of the molecule is Cc1cc(-c2ccc(C(F)(F)F)cc2)cc(C)c1C(C)(C)C. The predicted molar refractivity (Wildman–Crippen MR) is 85.1 cm³/mol. The minimum Gasteiger partial charge on any atom is -0.166 e. The normalized spacial score (nSPS) is 12.5. The van der Waals surface area contributed by atoms with Crippen molar-refractivity contribution < 1.29 is 13.2 Å². The van der Waals surface area contributed by atoms with Crippen molar-refractivity contribution in [3.05, 3.63) is 58.7 Å². The van der Waals surface area contributed by atoms with E-state index in [2.05, 4.69) is 46.8 Å². The fourth-order valence-corrected chi connectivity index (χ4v) is 3.16. The lowest BCUT2D eigenvalue weighted by Gasteiger charge is -2.25. The fourth-order valence-electron chi connectivity index (χ4n) is 3.16. The average molecular weight is 306 g/mol. The van der Waals surface area contributed by atoms with Crippen molar-refractivity contribution in [1.82, 2.24) is 0 Å². The molecule has 0 nitrogen and oxygen atoms in total. The summed E-state index contributed by atoms with van der Waals surface area (Å²) in [5.41, 5.74) is 4.83. The molecule has 0 aliphatic carbocycles. The van der Waals surface area contributed by atoms with Crippen LogP contribution in [0.2, 0.25) is 0 Å². The monoisotopic (exact) mass is 306 g/mol. The second kappa shape index (κ2) is 5.45. The van der Waals surface area contributed by atoms with Crippen molar-refractivity contribution in [1.29, 1.82) is 0 Å². The minimum atomic E-state index is -4.29. The van der Waals surface area contributed by atoms with E-state index in [9.17, 15) is 13.2 Å². The van der Waals surface area contributed by atoms with Crippen LogP contribution in [0.1, 0.15) is 43.0 Å². The van der Waals surface area contributed by atoms with E-state index in [-0.39, 0.29) is 5.41 Å². The number of aryl methyl sites for hydroxylation is 2. The van der Waals surface area contributed by atoms with Crippen molar-refractivity contribution in [2.24, 2.45) is 0 Å². The molecule has 118 valence electrons. The maximum Gasteiger partial charge on any atom is 0.416 e. The van der Waals surface area contributed by atoms with Crippen molar-refractivity contribution >= 4 is 0 Å². The number of halogens is 3. The molecule has 0 saturated heterocycles. The van der Waals surface area contributed by atoms with Crippen LogP contribution in [0, 0.1) is 13.8 Å². The number of hydrogen-bond donors (Lipinski definition) is 0. The highest BCUT2D eigenvalue weighted by Gasteiger charge is 2.30. The van der Waals surface area contributed by atoms with Crippen molar-refractivity contribution in [2.75, 3.05) is 0 Å². The molecule has 0 N–H and O–H groups in total. The maximum absolute atomic E-state index is 12.6. The van der Waals surface area contributed by atoms with Crippen LogP contribution in [-0.4, -0.2) is 0 Å². The van der Waals surface area contributed by atoms with Gasteiger partial charge in [-0.15, -0.1) is 0 Å². The summed E-state index contributed by atoms with van der Waals surface area (Å²) in [6, 6.07) is 9.45. The van der Waals surface area contributed by atoms with E-state index < -0.39 is 11.7 Å². The first-order valence-electron chi connectivity index (χ1n) is 7.29. The first-order valence-corrected chi connectivity index (χ1v) is 7.29. The number of benzene rings is 2. The standard InChI is InChI=1S/C19H21F3/c1-12-10-15(11-13(2)17(12)18(3,4)5)14-6-8-16(9-7-14)19(20,21)22/h6-11H,1-5H3. The van der Waals surface area contributed by atoms with E-state index in [0.717, 1.165) is 23.3 Å². The zero-order valence-corrected chi connectivity index (χ0v) is 13.6. The highest BCUT2D eigenvalue weighted by atomic mass is 19.4. The molecule has 0 bridgehead atoms. The van der Waals surface area contributed by atoms with Gasteiger partial charge in [-0.2, -0.15) is 13.2 Å². The Balaban J connectivity index is 2.47. The van der Waals surface area contributed by atoms with Gasteiger partial charge in [0.15, 0.2) is 0 Å². The predicted octanol–water partition coefficient (Wildman–Crippen LogP) is 6.29. The highest BCUT2D eigenvalue weighted by Crippen LogP contribution is 2.34. The molecule has 0 atom stereocenters. The van der Waals surface area contributed by atoms with Gasteiger partial charge in [-0.25, -0.2) is 0 Å². The van der Waals surface area contributed by atoms with Gasteiger partial charge in [0.2, 0.25) is 0 Å². The fraction of sp³-hybridized carbons (Fsp3) is 0.368. The van der Waals surface area contributed by atoms with Crippen molar-refractivity contribution in [2.45, 2.75) is 46.2 Å². The Kier molecular flexibility index (Phi) is 4.12. The van der Waals surface area contributed by atoms with Crippen LogP contribution >= 0.6 is 0 Å². The lowest BCUT2D eigenvalue weighted by molar-refractivity contribution is -0.137. The van der Waals surface area contributed by atoms with Gasteiger partial charge in [-0.1, -0.05) is 45.0 Å². The smallest absolute Gasteiger partial charge is 0.166 e. The third-order valence-corrected chi connectivity index (χ3v) is 3.83. The van der Waals surface area contributed by atoms with Gasteiger partial charge in [-0.05, 0) is 59.2 Å². The minimum absolute atomic E-state index is 0.0485. The second-order valence-electron chi connectivity index (χ2n) is 6.81. The molecular weight excluding hydrogens is 285 g/mol. The van der Waals surface area contributed by atoms with Crippen LogP contribution in [0.25, 0.3) is 11.1 Å². The number of rotatable bonds is 1. The summed E-state index contributed by atoms with van der Waals surface area (Å²) in [6.45, 7) is 10.6. The second-order valence-corrected chi connectivity index (χ2v) is 6.81. The summed E-state index contributed by atoms with van der Waals surface area (Å²) in [7, 11) is 0. The summed E-state index contributed by atoms with van der Waals surface area (Å²) in [6.07, 6.45) is -4.29. The molecule has 2 aromatic rings. The first-order chi connectivity index (χ1) is 10.00. The quantitative estimate of drug-likeness (QED) is 0.581. The van der Waals surface area contributed by atoms with E-state index in [0.29, 0.717) is 0 Å². The van der Waals surface area contributed by atoms with Crippen LogP contribution in [0.4, 0.5) is 13.2 Å². The molecule has 0 heterocycles. The number of alkyl halides is 3. The number of hydrogen-bond acceptors (Lipinski definition) is 0. The maximum atomic E-state index is 12.6. The molecule has 0 fully saturated rings. The van der Waals surface area contributed by atoms with Crippen LogP contribution in [0.3, 0.4) is 0 Å². The van der Waals surface area contributed by atoms with E-state index in [1.54, 1.807) is 0 Å². The molecule has 22 heavy (non-hydrogen) atoms. The molecule has 0 aliphatic rings.